The summed E-state index contributed by atoms with van der Waals surface area (Å²) in [7, 11) is 0. The van der Waals surface area contributed by atoms with Crippen molar-refractivity contribution in [2.45, 2.75) is 32.4 Å². The molecule has 0 aromatic heterocycles. The highest BCUT2D eigenvalue weighted by Gasteiger charge is 2.19. The van der Waals surface area contributed by atoms with E-state index in [0.29, 0.717) is 16.5 Å². The molecule has 0 amide bonds. The van der Waals surface area contributed by atoms with Gasteiger partial charge in [-0.1, -0.05) is 36.2 Å². The van der Waals surface area contributed by atoms with Gasteiger partial charge in [0.05, 0.1) is 0 Å². The van der Waals surface area contributed by atoms with Crippen molar-refractivity contribution in [2.75, 3.05) is 0 Å². The van der Waals surface area contributed by atoms with Crippen LogP contribution >= 0.6 is 23.2 Å². The third-order valence-electron chi connectivity index (χ3n) is 2.59. The van der Waals surface area contributed by atoms with Crippen molar-refractivity contribution < 1.29 is 9.90 Å². The summed E-state index contributed by atoms with van der Waals surface area (Å²) in [6, 6.07) is 4.48. The number of rotatable bonds is 5. The van der Waals surface area contributed by atoms with Crippen LogP contribution in [0.4, 0.5) is 0 Å². The molecule has 1 rings (SSSR count). The fourth-order valence-corrected chi connectivity index (χ4v) is 2.18. The SMILES string of the molecule is CCC(NC(C)c1ccc(Cl)cc1Cl)C(=O)O. The van der Waals surface area contributed by atoms with E-state index in [0.717, 1.165) is 5.56 Å². The quantitative estimate of drug-likeness (QED) is 0.865. The normalized spacial score (nSPS) is 14.4. The molecule has 2 N–H and O–H groups in total. The number of halogens is 2. The lowest BCUT2D eigenvalue weighted by atomic mass is 10.1. The van der Waals surface area contributed by atoms with Gasteiger partial charge >= 0.3 is 5.97 Å². The molecule has 1 aromatic rings. The van der Waals surface area contributed by atoms with Gasteiger partial charge in [0, 0.05) is 16.1 Å². The summed E-state index contributed by atoms with van der Waals surface area (Å²) in [5.41, 5.74) is 0.843. The molecule has 5 heteroatoms. The van der Waals surface area contributed by atoms with Crippen molar-refractivity contribution in [3.05, 3.63) is 33.8 Å². The van der Waals surface area contributed by atoms with Crippen LogP contribution in [-0.2, 0) is 4.79 Å². The third kappa shape index (κ3) is 3.87. The minimum atomic E-state index is -0.857. The molecule has 3 nitrogen and oxygen atoms in total. The van der Waals surface area contributed by atoms with Gasteiger partial charge in [0.2, 0.25) is 0 Å². The Hall–Kier alpha value is -0.770. The predicted octanol–water partition coefficient (Wildman–Crippen LogP) is 3.51. The first-order chi connectivity index (χ1) is 7.95. The molecule has 17 heavy (non-hydrogen) atoms. The fraction of sp³-hybridized carbons (Fsp3) is 0.417. The Morgan fingerprint density at radius 2 is 2.12 bits per heavy atom. The molecule has 0 saturated heterocycles. The molecule has 1 aromatic carbocycles. The van der Waals surface area contributed by atoms with Crippen LogP contribution in [0.3, 0.4) is 0 Å². The largest absolute Gasteiger partial charge is 0.480 e. The Labute approximate surface area is 111 Å². The van der Waals surface area contributed by atoms with Gasteiger partial charge in [-0.3, -0.25) is 10.1 Å². The maximum atomic E-state index is 10.9. The summed E-state index contributed by atoms with van der Waals surface area (Å²) in [6.45, 7) is 3.70. The van der Waals surface area contributed by atoms with Crippen LogP contribution in [0.25, 0.3) is 0 Å². The van der Waals surface area contributed by atoms with Crippen LogP contribution in [0.2, 0.25) is 10.0 Å². The molecule has 0 aliphatic heterocycles. The molecule has 0 fully saturated rings. The highest BCUT2D eigenvalue weighted by Crippen LogP contribution is 2.26. The summed E-state index contributed by atoms with van der Waals surface area (Å²) in [6.07, 6.45) is 0.519. The average molecular weight is 276 g/mol. The van der Waals surface area contributed by atoms with Gasteiger partial charge in [0.25, 0.3) is 0 Å². The second-order valence-electron chi connectivity index (χ2n) is 3.85. The van der Waals surface area contributed by atoms with Gasteiger partial charge in [0.15, 0.2) is 0 Å². The Morgan fingerprint density at radius 3 is 2.59 bits per heavy atom. The predicted molar refractivity (Wildman–Crippen MR) is 69.7 cm³/mol. The summed E-state index contributed by atoms with van der Waals surface area (Å²) in [4.78, 5) is 10.9. The molecular weight excluding hydrogens is 261 g/mol. The highest BCUT2D eigenvalue weighted by molar-refractivity contribution is 6.35. The number of hydrogen-bond acceptors (Lipinski definition) is 2. The number of hydrogen-bond donors (Lipinski definition) is 2. The lowest BCUT2D eigenvalue weighted by Gasteiger charge is -2.20. The van der Waals surface area contributed by atoms with E-state index in [4.69, 9.17) is 28.3 Å². The number of carboxylic acids is 1. The molecule has 2 atom stereocenters. The zero-order chi connectivity index (χ0) is 13.0. The van der Waals surface area contributed by atoms with Crippen LogP contribution < -0.4 is 5.32 Å². The van der Waals surface area contributed by atoms with Gasteiger partial charge in [-0.25, -0.2) is 0 Å². The Morgan fingerprint density at radius 1 is 1.47 bits per heavy atom. The molecule has 0 aliphatic carbocycles. The van der Waals surface area contributed by atoms with Gasteiger partial charge in [-0.05, 0) is 31.0 Å². The summed E-state index contributed by atoms with van der Waals surface area (Å²) < 4.78 is 0. The second-order valence-corrected chi connectivity index (χ2v) is 4.70. The number of carboxylic acid groups (broad SMARTS) is 1. The van der Waals surface area contributed by atoms with Crippen LogP contribution in [0.15, 0.2) is 18.2 Å². The molecule has 2 unspecified atom stereocenters. The third-order valence-corrected chi connectivity index (χ3v) is 3.15. The van der Waals surface area contributed by atoms with Crippen molar-refractivity contribution in [1.29, 1.82) is 0 Å². The zero-order valence-corrected chi connectivity index (χ0v) is 11.2. The van der Waals surface area contributed by atoms with Crippen LogP contribution in [-0.4, -0.2) is 17.1 Å². The maximum Gasteiger partial charge on any atom is 0.320 e. The Bertz CT molecular complexity index is 409. The zero-order valence-electron chi connectivity index (χ0n) is 9.71. The van der Waals surface area contributed by atoms with E-state index in [1.165, 1.54) is 0 Å². The van der Waals surface area contributed by atoms with Gasteiger partial charge in [-0.2, -0.15) is 0 Å². The number of aliphatic carboxylic acids is 1. The van der Waals surface area contributed by atoms with Crippen molar-refractivity contribution in [1.82, 2.24) is 5.32 Å². The molecule has 94 valence electrons. The van der Waals surface area contributed by atoms with E-state index in [1.54, 1.807) is 18.2 Å². The molecule has 0 spiro atoms. The monoisotopic (exact) mass is 275 g/mol. The first-order valence-electron chi connectivity index (χ1n) is 5.39. The second kappa shape index (κ2) is 6.24. The minimum Gasteiger partial charge on any atom is -0.480 e. The van der Waals surface area contributed by atoms with E-state index >= 15 is 0 Å². The molecule has 0 radical (unpaired) electrons. The van der Waals surface area contributed by atoms with Crippen LogP contribution in [0.1, 0.15) is 31.9 Å². The maximum absolute atomic E-state index is 10.9. The molecular formula is C12H15Cl2NO2. The van der Waals surface area contributed by atoms with E-state index in [1.807, 2.05) is 13.8 Å². The number of carbonyl (C=O) groups is 1. The number of benzene rings is 1. The van der Waals surface area contributed by atoms with Crippen molar-refractivity contribution in [3.63, 3.8) is 0 Å². The summed E-state index contributed by atoms with van der Waals surface area (Å²) in [5.74, 6) is -0.857. The van der Waals surface area contributed by atoms with Gasteiger partial charge in [-0.15, -0.1) is 0 Å². The van der Waals surface area contributed by atoms with Gasteiger partial charge < -0.3 is 5.11 Å². The van der Waals surface area contributed by atoms with E-state index in [-0.39, 0.29) is 6.04 Å². The summed E-state index contributed by atoms with van der Waals surface area (Å²) in [5, 5.41) is 13.1. The minimum absolute atomic E-state index is 0.138. The van der Waals surface area contributed by atoms with Crippen molar-refractivity contribution in [2.24, 2.45) is 0 Å². The first-order valence-corrected chi connectivity index (χ1v) is 6.15. The fourth-order valence-electron chi connectivity index (χ4n) is 1.61. The lowest BCUT2D eigenvalue weighted by molar-refractivity contribution is -0.139. The smallest absolute Gasteiger partial charge is 0.320 e. The lowest BCUT2D eigenvalue weighted by Crippen LogP contribution is -2.37. The highest BCUT2D eigenvalue weighted by atomic mass is 35.5. The molecule has 0 saturated carbocycles. The average Bonchev–Trinajstić information content (AvgIpc) is 2.24. The molecule has 0 aliphatic rings. The van der Waals surface area contributed by atoms with E-state index < -0.39 is 12.0 Å². The van der Waals surface area contributed by atoms with Gasteiger partial charge in [0.1, 0.15) is 6.04 Å². The van der Waals surface area contributed by atoms with Crippen molar-refractivity contribution in [3.8, 4) is 0 Å². The topological polar surface area (TPSA) is 49.3 Å². The van der Waals surface area contributed by atoms with Crippen LogP contribution in [0.5, 0.6) is 0 Å². The number of nitrogens with one attached hydrogen (secondary N) is 1. The van der Waals surface area contributed by atoms with E-state index in [9.17, 15) is 4.79 Å². The standard InChI is InChI=1S/C12H15Cl2NO2/c1-3-11(12(16)17)15-7(2)9-5-4-8(13)6-10(9)14/h4-7,11,15H,3H2,1-2H3,(H,16,17). The Kier molecular flexibility index (Phi) is 5.25. The molecule has 0 heterocycles. The first kappa shape index (κ1) is 14.3. The van der Waals surface area contributed by atoms with Crippen molar-refractivity contribution >= 4 is 29.2 Å². The van der Waals surface area contributed by atoms with E-state index in [2.05, 4.69) is 5.32 Å². The summed E-state index contributed by atoms with van der Waals surface area (Å²) >= 11 is 11.9. The Balaban J connectivity index is 2.82. The molecule has 0 bridgehead atoms. The van der Waals surface area contributed by atoms with Crippen LogP contribution in [0, 0.1) is 0 Å².